The van der Waals surface area contributed by atoms with Crippen molar-refractivity contribution < 1.29 is 19.1 Å². The SMILES string of the molecule is Br.O=C(CCNc1n[n+]([O-])c2cc(Br)ccc2[n+]1[O-])OC1CCNCC1. The number of nitrogens with zero attached hydrogens (tertiary/aromatic N) is 3. The van der Waals surface area contributed by atoms with Gasteiger partial charge in [0, 0.05) is 15.4 Å². The first-order chi connectivity index (χ1) is 12.0. The van der Waals surface area contributed by atoms with Crippen molar-refractivity contribution in [3.05, 3.63) is 33.1 Å². The maximum atomic E-state index is 12.3. The molecule has 0 aliphatic carbocycles. The molecule has 1 fully saturated rings. The third kappa shape index (κ3) is 4.92. The highest BCUT2D eigenvalue weighted by atomic mass is 79.9. The number of aromatic nitrogens is 3. The maximum absolute atomic E-state index is 12.3. The molecule has 26 heavy (non-hydrogen) atoms. The third-order valence-corrected chi connectivity index (χ3v) is 4.43. The molecule has 0 bridgehead atoms. The van der Waals surface area contributed by atoms with Crippen LogP contribution in [0.25, 0.3) is 11.0 Å². The summed E-state index contributed by atoms with van der Waals surface area (Å²) in [7, 11) is 0. The lowest BCUT2D eigenvalue weighted by molar-refractivity contribution is -0.672. The molecule has 11 heteroatoms. The van der Waals surface area contributed by atoms with Crippen LogP contribution < -0.4 is 20.2 Å². The molecular formula is C15H19Br2N5O4. The van der Waals surface area contributed by atoms with Crippen molar-refractivity contribution in [3.63, 3.8) is 0 Å². The Bertz CT molecular complexity index is 786. The minimum Gasteiger partial charge on any atom is -0.739 e. The first-order valence-corrected chi connectivity index (χ1v) is 8.80. The van der Waals surface area contributed by atoms with Crippen molar-refractivity contribution >= 4 is 55.9 Å². The number of halogens is 2. The summed E-state index contributed by atoms with van der Waals surface area (Å²) in [5.74, 6) is -0.490. The lowest BCUT2D eigenvalue weighted by atomic mass is 10.1. The summed E-state index contributed by atoms with van der Waals surface area (Å²) in [6.45, 7) is 1.83. The molecule has 1 saturated heterocycles. The summed E-state index contributed by atoms with van der Waals surface area (Å²) in [5.41, 5.74) is 0.341. The molecule has 0 spiro atoms. The average Bonchev–Trinajstić information content (AvgIpc) is 2.60. The highest BCUT2D eigenvalue weighted by Gasteiger charge is 2.21. The predicted octanol–water partition coefficient (Wildman–Crippen LogP) is 0.939. The Labute approximate surface area is 168 Å². The van der Waals surface area contributed by atoms with E-state index in [1.165, 1.54) is 12.1 Å². The molecule has 0 atom stereocenters. The standard InChI is InChI=1S/C15H18BrN5O4.BrH/c16-10-1-2-12-13(9-10)21(24)19-15(20(12)23)18-8-5-14(22)25-11-3-6-17-7-4-11;/h1-2,9,11,17H,3-8H2,(H,18,19);1H. The van der Waals surface area contributed by atoms with E-state index in [-0.39, 0.29) is 59.0 Å². The van der Waals surface area contributed by atoms with Gasteiger partial charge >= 0.3 is 17.4 Å². The molecule has 142 valence electrons. The van der Waals surface area contributed by atoms with Gasteiger partial charge in [-0.1, -0.05) is 15.9 Å². The van der Waals surface area contributed by atoms with Crippen molar-refractivity contribution in [1.82, 2.24) is 10.4 Å². The van der Waals surface area contributed by atoms with E-state index in [0.717, 1.165) is 25.9 Å². The van der Waals surface area contributed by atoms with Crippen LogP contribution in [0.15, 0.2) is 22.7 Å². The summed E-state index contributed by atoms with van der Waals surface area (Å²) in [5, 5.41) is 33.8. The van der Waals surface area contributed by atoms with Crippen LogP contribution in [0, 0.1) is 10.4 Å². The van der Waals surface area contributed by atoms with E-state index in [2.05, 4.69) is 31.7 Å². The molecule has 0 saturated carbocycles. The number of piperidine rings is 1. The van der Waals surface area contributed by atoms with Gasteiger partial charge in [-0.2, -0.15) is 0 Å². The topological polar surface area (TPSA) is 117 Å². The maximum Gasteiger partial charge on any atom is 0.460 e. The Balaban J connectivity index is 0.00000243. The number of hydrogen-bond donors (Lipinski definition) is 2. The van der Waals surface area contributed by atoms with E-state index >= 15 is 0 Å². The quantitative estimate of drug-likeness (QED) is 0.362. The molecule has 2 heterocycles. The van der Waals surface area contributed by atoms with Gasteiger partial charge in [0.05, 0.1) is 13.0 Å². The lowest BCUT2D eigenvalue weighted by Gasteiger charge is -2.22. The molecule has 9 nitrogen and oxygen atoms in total. The number of nitrogens with one attached hydrogen (secondary N) is 2. The molecule has 2 N–H and O–H groups in total. The number of hydrogen-bond acceptors (Lipinski definition) is 7. The normalized spacial score (nSPS) is 14.7. The number of ether oxygens (including phenoxy) is 1. The third-order valence-electron chi connectivity index (χ3n) is 3.94. The minimum absolute atomic E-state index is 0. The number of fused-ring (bicyclic) bond motifs is 1. The molecule has 2 aromatic rings. The molecule has 3 rings (SSSR count). The molecule has 1 aliphatic heterocycles. The zero-order valence-corrected chi connectivity index (χ0v) is 17.1. The Kier molecular flexibility index (Phi) is 7.35. The van der Waals surface area contributed by atoms with E-state index in [0.29, 0.717) is 14.0 Å². The second kappa shape index (κ2) is 9.28. The fraction of sp³-hybridized carbons (Fsp3) is 0.467. The highest BCUT2D eigenvalue weighted by molar-refractivity contribution is 9.10. The van der Waals surface area contributed by atoms with Crippen molar-refractivity contribution in [2.45, 2.75) is 25.4 Å². The van der Waals surface area contributed by atoms with Gasteiger partial charge in [0.25, 0.3) is 0 Å². The van der Waals surface area contributed by atoms with E-state index in [1.54, 1.807) is 6.07 Å². The molecule has 1 aromatic heterocycles. The van der Waals surface area contributed by atoms with Crippen molar-refractivity contribution in [2.75, 3.05) is 25.0 Å². The Morgan fingerprint density at radius 2 is 2.08 bits per heavy atom. The van der Waals surface area contributed by atoms with Crippen molar-refractivity contribution in [2.24, 2.45) is 0 Å². The molecule has 1 aliphatic rings. The summed E-state index contributed by atoms with van der Waals surface area (Å²) >= 11 is 3.25. The van der Waals surface area contributed by atoms with Crippen LogP contribution in [0.4, 0.5) is 5.95 Å². The Morgan fingerprint density at radius 3 is 2.81 bits per heavy atom. The second-order valence-electron chi connectivity index (χ2n) is 5.74. The average molecular weight is 493 g/mol. The molecule has 0 amide bonds. The number of benzene rings is 1. The van der Waals surface area contributed by atoms with Crippen LogP contribution in [0.2, 0.25) is 0 Å². The van der Waals surface area contributed by atoms with Gasteiger partial charge in [0.2, 0.25) is 5.10 Å². The number of carbonyl (C=O) groups is 1. The predicted molar refractivity (Wildman–Crippen MR) is 103 cm³/mol. The van der Waals surface area contributed by atoms with Gasteiger partial charge in [-0.3, -0.25) is 10.1 Å². The first kappa shape index (κ1) is 20.6. The van der Waals surface area contributed by atoms with E-state index < -0.39 is 0 Å². The monoisotopic (exact) mass is 491 g/mol. The summed E-state index contributed by atoms with van der Waals surface area (Å²) in [6, 6.07) is 4.71. The highest BCUT2D eigenvalue weighted by Crippen LogP contribution is 2.14. The van der Waals surface area contributed by atoms with Crippen LogP contribution in [0.3, 0.4) is 0 Å². The molecule has 0 unspecified atom stereocenters. The van der Waals surface area contributed by atoms with Gasteiger partial charge in [-0.25, -0.2) is 4.73 Å². The minimum atomic E-state index is -0.337. The van der Waals surface area contributed by atoms with Crippen molar-refractivity contribution in [3.8, 4) is 0 Å². The number of rotatable bonds is 5. The number of anilines is 1. The molecular weight excluding hydrogens is 474 g/mol. The van der Waals surface area contributed by atoms with Gasteiger partial charge < -0.3 is 20.5 Å². The first-order valence-electron chi connectivity index (χ1n) is 8.01. The zero-order chi connectivity index (χ0) is 17.8. The van der Waals surface area contributed by atoms with Gasteiger partial charge in [-0.15, -0.1) is 17.0 Å². The van der Waals surface area contributed by atoms with Crippen LogP contribution >= 0.6 is 32.9 Å². The smallest absolute Gasteiger partial charge is 0.460 e. The number of carbonyl (C=O) groups excluding carboxylic acids is 1. The van der Waals surface area contributed by atoms with Crippen LogP contribution in [-0.2, 0) is 9.53 Å². The van der Waals surface area contributed by atoms with Crippen LogP contribution in [-0.4, -0.2) is 36.8 Å². The summed E-state index contributed by atoms with van der Waals surface area (Å²) in [6.07, 6.45) is 1.64. The van der Waals surface area contributed by atoms with Crippen LogP contribution in [0.5, 0.6) is 0 Å². The van der Waals surface area contributed by atoms with E-state index in [4.69, 9.17) is 4.74 Å². The largest absolute Gasteiger partial charge is 0.739 e. The Morgan fingerprint density at radius 1 is 1.35 bits per heavy atom. The molecule has 0 radical (unpaired) electrons. The van der Waals surface area contributed by atoms with Gasteiger partial charge in [-0.05, 0) is 38.1 Å². The summed E-state index contributed by atoms with van der Waals surface area (Å²) in [4.78, 5) is 12.2. The van der Waals surface area contributed by atoms with Gasteiger partial charge in [0.15, 0.2) is 5.52 Å². The fourth-order valence-electron chi connectivity index (χ4n) is 2.66. The number of esters is 1. The second-order valence-corrected chi connectivity index (χ2v) is 6.66. The van der Waals surface area contributed by atoms with Crippen molar-refractivity contribution in [1.29, 1.82) is 0 Å². The van der Waals surface area contributed by atoms with E-state index in [9.17, 15) is 15.2 Å². The zero-order valence-electron chi connectivity index (χ0n) is 13.8. The van der Waals surface area contributed by atoms with Crippen LogP contribution in [0.1, 0.15) is 19.3 Å². The molecule has 1 aromatic carbocycles. The van der Waals surface area contributed by atoms with E-state index in [1.807, 2.05) is 0 Å². The Hall–Kier alpha value is -1.72. The lowest BCUT2D eigenvalue weighted by Crippen LogP contribution is -2.44. The fourth-order valence-corrected chi connectivity index (χ4v) is 3.01. The van der Waals surface area contributed by atoms with Gasteiger partial charge in [0.1, 0.15) is 6.10 Å². The summed E-state index contributed by atoms with van der Waals surface area (Å²) < 4.78 is 6.58.